The van der Waals surface area contributed by atoms with Gasteiger partial charge in [-0.15, -0.1) is 0 Å². The van der Waals surface area contributed by atoms with Crippen LogP contribution in [0.2, 0.25) is 0 Å². The average Bonchev–Trinajstić information content (AvgIpc) is 3.44. The fraction of sp³-hybridized carbons (Fsp3) is 0.609. The molecule has 0 bridgehead atoms. The van der Waals surface area contributed by atoms with Gasteiger partial charge in [0.15, 0.2) is 0 Å². The van der Waals surface area contributed by atoms with Crippen LogP contribution in [-0.2, 0) is 18.6 Å². The van der Waals surface area contributed by atoms with Crippen molar-refractivity contribution in [3.63, 3.8) is 0 Å². The number of phosphoric acid groups is 1. The number of aromatic amines is 2. The zero-order valence-corrected chi connectivity index (χ0v) is 22.8. The summed E-state index contributed by atoms with van der Waals surface area (Å²) in [5.74, 6) is -1.23. The van der Waals surface area contributed by atoms with E-state index in [4.69, 9.17) is 14.0 Å². The molecule has 0 aromatic carbocycles. The maximum absolute atomic E-state index is 12.6. The molecule has 17 nitrogen and oxygen atoms in total. The number of nitriles is 1. The Balaban J connectivity index is 1.79. The van der Waals surface area contributed by atoms with Crippen molar-refractivity contribution >= 4 is 7.82 Å². The Morgan fingerprint density at radius 1 is 1.12 bits per heavy atom. The summed E-state index contributed by atoms with van der Waals surface area (Å²) in [6.07, 6.45) is -5.50. The molecule has 224 valence electrons. The van der Waals surface area contributed by atoms with E-state index in [-0.39, 0.29) is 30.4 Å². The van der Waals surface area contributed by atoms with Crippen LogP contribution in [-0.4, -0.2) is 59.8 Å². The smallest absolute Gasteiger partial charge is 0.330 e. The number of hydrogen-bond donors (Lipinski definition) is 4. The minimum atomic E-state index is -5.73. The molecule has 0 saturated carbocycles. The van der Waals surface area contributed by atoms with Crippen LogP contribution in [0.15, 0.2) is 31.6 Å². The van der Waals surface area contributed by atoms with Gasteiger partial charge in [0.25, 0.3) is 11.1 Å². The lowest BCUT2D eigenvalue weighted by molar-refractivity contribution is -0.348. The Morgan fingerprint density at radius 2 is 1.68 bits per heavy atom. The van der Waals surface area contributed by atoms with Gasteiger partial charge in [0.05, 0.1) is 38.8 Å². The van der Waals surface area contributed by atoms with Crippen LogP contribution in [0.25, 0.3) is 0 Å². The highest BCUT2D eigenvalue weighted by Crippen LogP contribution is 2.51. The Bertz CT molecular complexity index is 1620. The number of aliphatic hydroxyl groups excluding tert-OH is 2. The number of aryl methyl sites for hydroxylation is 2. The van der Waals surface area contributed by atoms with Crippen LogP contribution in [0.1, 0.15) is 49.3 Å². The van der Waals surface area contributed by atoms with Crippen LogP contribution in [0, 0.1) is 31.1 Å². The Morgan fingerprint density at radius 3 is 2.20 bits per heavy atom. The number of nitrogens with one attached hydrogen (secondary N) is 2. The van der Waals surface area contributed by atoms with Crippen LogP contribution < -0.4 is 32.3 Å². The maximum Gasteiger partial charge on any atom is 0.330 e. The monoisotopic (exact) mass is 597 g/mol. The summed E-state index contributed by atoms with van der Waals surface area (Å²) in [7, 11) is -5.73. The lowest BCUT2D eigenvalue weighted by atomic mass is 9.76. The van der Waals surface area contributed by atoms with E-state index in [1.165, 1.54) is 20.0 Å². The van der Waals surface area contributed by atoms with Gasteiger partial charge in [0, 0.05) is 48.7 Å². The van der Waals surface area contributed by atoms with E-state index in [0.29, 0.717) is 0 Å². The molecule has 0 spiro atoms. The van der Waals surface area contributed by atoms with E-state index >= 15 is 0 Å². The predicted molar refractivity (Wildman–Crippen MR) is 132 cm³/mol. The minimum Gasteiger partial charge on any atom is -0.790 e. The molecule has 7 unspecified atom stereocenters. The second-order valence-electron chi connectivity index (χ2n) is 10.1. The number of rotatable bonds is 9. The van der Waals surface area contributed by atoms with Crippen molar-refractivity contribution < 1.29 is 38.6 Å². The zero-order valence-electron chi connectivity index (χ0n) is 21.9. The summed E-state index contributed by atoms with van der Waals surface area (Å²) in [4.78, 5) is 76.4. The van der Waals surface area contributed by atoms with Gasteiger partial charge in [0.1, 0.15) is 18.1 Å². The molecule has 2 aromatic rings. The second kappa shape index (κ2) is 11.6. The number of aromatic nitrogens is 4. The first-order valence-corrected chi connectivity index (χ1v) is 14.0. The second-order valence-corrected chi connectivity index (χ2v) is 11.2. The highest BCUT2D eigenvalue weighted by Gasteiger charge is 2.59. The molecular formula is C23H28N5O12P-2. The lowest BCUT2D eigenvalue weighted by Crippen LogP contribution is -2.56. The molecule has 0 radical (unpaired) electrons. The molecule has 2 aliphatic heterocycles. The minimum absolute atomic E-state index is 0.102. The molecule has 0 aliphatic carbocycles. The molecule has 0 amide bonds. The van der Waals surface area contributed by atoms with E-state index < -0.39 is 85.6 Å². The molecule has 18 heteroatoms. The third kappa shape index (κ3) is 6.05. The van der Waals surface area contributed by atoms with Gasteiger partial charge in [-0.05, 0) is 20.3 Å². The molecular weight excluding hydrogens is 569 g/mol. The van der Waals surface area contributed by atoms with E-state index in [9.17, 15) is 49.0 Å². The lowest BCUT2D eigenvalue weighted by Gasteiger charge is -2.45. The number of aliphatic hydroxyl groups is 2. The van der Waals surface area contributed by atoms with Crippen LogP contribution >= 0.6 is 7.82 Å². The number of ether oxygens (including phenoxy) is 2. The van der Waals surface area contributed by atoms with E-state index in [1.807, 2.05) is 6.07 Å². The summed E-state index contributed by atoms with van der Waals surface area (Å²) < 4.78 is 30.7. The van der Waals surface area contributed by atoms with Gasteiger partial charge >= 0.3 is 11.4 Å². The number of hydrogen-bond acceptors (Lipinski definition) is 13. The molecule has 2 saturated heterocycles. The summed E-state index contributed by atoms with van der Waals surface area (Å²) in [6, 6.07) is 1.91. The Hall–Kier alpha value is -3.20. The van der Waals surface area contributed by atoms with Gasteiger partial charge in [-0.3, -0.25) is 28.7 Å². The van der Waals surface area contributed by atoms with Crippen molar-refractivity contribution in [2.75, 3.05) is 6.61 Å². The molecule has 2 fully saturated rings. The summed E-state index contributed by atoms with van der Waals surface area (Å²) in [5.41, 5.74) is -4.89. The van der Waals surface area contributed by atoms with Crippen molar-refractivity contribution in [3.05, 3.63) is 65.2 Å². The van der Waals surface area contributed by atoms with Crippen LogP contribution in [0.3, 0.4) is 0 Å². The SMILES string of the molecule is Cc1cn(C2CC(O)C(C(CCC#N)C3(CO)OC(n4cc(C)c(=O)[nH]c4=O)CC3OP(=O)([O-])[O-])O2)c(=O)[nH]c1=O. The van der Waals surface area contributed by atoms with Crippen molar-refractivity contribution in [1.29, 1.82) is 5.26 Å². The molecule has 4 N–H and O–H groups in total. The summed E-state index contributed by atoms with van der Waals surface area (Å²) >= 11 is 0. The highest BCUT2D eigenvalue weighted by molar-refractivity contribution is 7.43. The van der Waals surface area contributed by atoms with Gasteiger partial charge in [0.2, 0.25) is 0 Å². The molecule has 4 heterocycles. The van der Waals surface area contributed by atoms with Crippen LogP contribution in [0.4, 0.5) is 0 Å². The highest BCUT2D eigenvalue weighted by atomic mass is 31.2. The van der Waals surface area contributed by atoms with Gasteiger partial charge in [-0.25, -0.2) is 9.59 Å². The third-order valence-corrected chi connectivity index (χ3v) is 7.97. The van der Waals surface area contributed by atoms with Gasteiger partial charge in [-0.1, -0.05) is 0 Å². The molecule has 2 aromatic heterocycles. The fourth-order valence-electron chi connectivity index (χ4n) is 5.52. The first kappa shape index (κ1) is 30.8. The predicted octanol–water partition coefficient (Wildman–Crippen LogP) is -2.86. The molecule has 4 rings (SSSR count). The average molecular weight is 597 g/mol. The largest absolute Gasteiger partial charge is 0.790 e. The van der Waals surface area contributed by atoms with Gasteiger partial charge < -0.3 is 38.6 Å². The third-order valence-electron chi connectivity index (χ3n) is 7.46. The quantitative estimate of drug-likeness (QED) is 0.212. The van der Waals surface area contributed by atoms with Crippen molar-refractivity contribution in [3.8, 4) is 6.07 Å². The number of H-pyrrole nitrogens is 2. The summed E-state index contributed by atoms with van der Waals surface area (Å²) in [5, 5.41) is 31.0. The molecule has 2 aliphatic rings. The van der Waals surface area contributed by atoms with Crippen molar-refractivity contribution in [2.24, 2.45) is 5.92 Å². The van der Waals surface area contributed by atoms with Crippen LogP contribution in [0.5, 0.6) is 0 Å². The Kier molecular flexibility index (Phi) is 8.69. The normalized spacial score (nSPS) is 29.0. The fourth-order valence-corrected chi connectivity index (χ4v) is 6.09. The van der Waals surface area contributed by atoms with E-state index in [2.05, 4.69) is 9.97 Å². The maximum atomic E-state index is 12.6. The van der Waals surface area contributed by atoms with Crippen molar-refractivity contribution in [2.45, 2.75) is 75.9 Å². The van der Waals surface area contributed by atoms with Gasteiger partial charge in [-0.2, -0.15) is 5.26 Å². The number of phosphoric ester groups is 1. The zero-order chi connectivity index (χ0) is 30.3. The summed E-state index contributed by atoms with van der Waals surface area (Å²) in [6.45, 7) is 1.85. The van der Waals surface area contributed by atoms with Crippen molar-refractivity contribution in [1.82, 2.24) is 19.1 Å². The first-order valence-electron chi connectivity index (χ1n) is 12.5. The Labute approximate surface area is 230 Å². The standard InChI is InChI=1S/C23H30N5O12P/c1-11-8-27(21(33)25-19(11)31)16-6-14(30)18(38-16)13(4-3-5-24)23(10-29)15(40-41(35,36)37)7-17(39-23)28-9-12(2)20(32)26-22(28)34/h8-9,13-18,29-30H,3-4,6-7,10H2,1-2H3,(H,25,31,33)(H,26,32,34)(H2,35,36,37)/p-2. The molecule has 7 atom stereocenters. The number of nitrogens with zero attached hydrogens (tertiary/aromatic N) is 3. The first-order chi connectivity index (χ1) is 19.2. The topological polar surface area (TPSA) is 265 Å². The van der Waals surface area contributed by atoms with E-state index in [1.54, 1.807) is 0 Å². The molecule has 41 heavy (non-hydrogen) atoms. The van der Waals surface area contributed by atoms with E-state index in [0.717, 1.165) is 15.3 Å².